The molecule has 3 nitrogen and oxygen atoms in total. The van der Waals surface area contributed by atoms with Crippen molar-refractivity contribution >= 4 is 5.97 Å². The minimum atomic E-state index is -0.734. The topological polar surface area (TPSA) is 40.5 Å². The maximum absolute atomic E-state index is 10.6. The Kier molecular flexibility index (Phi) is 5.86. The van der Waals surface area contributed by atoms with Crippen LogP contribution in [0.2, 0.25) is 0 Å². The molecular weight excluding hydrogens is 226 g/mol. The predicted molar refractivity (Wildman–Crippen MR) is 73.7 cm³/mol. The Labute approximate surface area is 109 Å². The van der Waals surface area contributed by atoms with Crippen LogP contribution in [0.4, 0.5) is 0 Å². The van der Waals surface area contributed by atoms with Crippen molar-refractivity contribution in [2.75, 3.05) is 13.1 Å². The molecule has 0 saturated carbocycles. The Morgan fingerprint density at radius 1 is 1.28 bits per heavy atom. The number of rotatable bonds is 7. The highest BCUT2D eigenvalue weighted by atomic mass is 16.4. The minimum Gasteiger partial charge on any atom is -0.481 e. The first-order valence-corrected chi connectivity index (χ1v) is 6.63. The van der Waals surface area contributed by atoms with Crippen molar-refractivity contribution in [2.45, 2.75) is 39.7 Å². The second-order valence-electron chi connectivity index (χ2n) is 4.54. The highest BCUT2D eigenvalue weighted by Gasteiger charge is 2.14. The summed E-state index contributed by atoms with van der Waals surface area (Å²) < 4.78 is 0. The number of aryl methyl sites for hydroxylation is 1. The number of carbonyl (C=O) groups is 1. The lowest BCUT2D eigenvalue weighted by molar-refractivity contribution is -0.137. The van der Waals surface area contributed by atoms with E-state index in [9.17, 15) is 4.79 Å². The summed E-state index contributed by atoms with van der Waals surface area (Å²) >= 11 is 0. The number of aliphatic carboxylic acids is 1. The van der Waals surface area contributed by atoms with Crippen LogP contribution in [0.1, 0.15) is 44.4 Å². The lowest BCUT2D eigenvalue weighted by atomic mass is 10.0. The van der Waals surface area contributed by atoms with E-state index in [1.54, 1.807) is 0 Å². The Bertz CT molecular complexity index is 373. The third-order valence-electron chi connectivity index (χ3n) is 3.44. The van der Waals surface area contributed by atoms with E-state index in [-0.39, 0.29) is 12.5 Å². The molecule has 1 rings (SSSR count). The van der Waals surface area contributed by atoms with Gasteiger partial charge in [0.05, 0.1) is 6.42 Å². The van der Waals surface area contributed by atoms with E-state index >= 15 is 0 Å². The van der Waals surface area contributed by atoms with Crippen LogP contribution >= 0.6 is 0 Å². The van der Waals surface area contributed by atoms with Crippen molar-refractivity contribution in [3.05, 3.63) is 35.4 Å². The summed E-state index contributed by atoms with van der Waals surface area (Å²) in [6, 6.07) is 8.85. The van der Waals surface area contributed by atoms with Crippen molar-refractivity contribution < 1.29 is 9.90 Å². The van der Waals surface area contributed by atoms with Gasteiger partial charge in [0, 0.05) is 12.6 Å². The highest BCUT2D eigenvalue weighted by Crippen LogP contribution is 2.20. The lowest BCUT2D eigenvalue weighted by Crippen LogP contribution is -2.29. The molecule has 18 heavy (non-hydrogen) atoms. The van der Waals surface area contributed by atoms with Crippen LogP contribution in [-0.2, 0) is 11.2 Å². The molecule has 1 atom stereocenters. The molecule has 0 aliphatic heterocycles. The van der Waals surface area contributed by atoms with Gasteiger partial charge in [-0.2, -0.15) is 0 Å². The maximum Gasteiger partial charge on any atom is 0.304 e. The standard InChI is InChI=1S/C15H23NO2/c1-4-13-6-8-14(9-7-13)12(3)16(5-2)11-10-15(17)18/h6-9,12H,4-5,10-11H2,1-3H3,(H,17,18). The van der Waals surface area contributed by atoms with Gasteiger partial charge < -0.3 is 5.11 Å². The third-order valence-corrected chi connectivity index (χ3v) is 3.44. The first-order valence-electron chi connectivity index (χ1n) is 6.63. The maximum atomic E-state index is 10.6. The molecule has 100 valence electrons. The molecule has 0 bridgehead atoms. The molecule has 0 amide bonds. The molecule has 0 radical (unpaired) electrons. The largest absolute Gasteiger partial charge is 0.481 e. The summed E-state index contributed by atoms with van der Waals surface area (Å²) in [6.45, 7) is 7.81. The van der Waals surface area contributed by atoms with E-state index < -0.39 is 5.97 Å². The predicted octanol–water partition coefficient (Wildman–Crippen LogP) is 3.11. The summed E-state index contributed by atoms with van der Waals surface area (Å²) in [5.41, 5.74) is 2.58. The second kappa shape index (κ2) is 7.17. The Hall–Kier alpha value is -1.35. The third kappa shape index (κ3) is 4.15. The van der Waals surface area contributed by atoms with E-state index in [2.05, 4.69) is 49.9 Å². The monoisotopic (exact) mass is 249 g/mol. The van der Waals surface area contributed by atoms with Gasteiger partial charge in [0.2, 0.25) is 0 Å². The average Bonchev–Trinajstić information content (AvgIpc) is 2.39. The van der Waals surface area contributed by atoms with Gasteiger partial charge in [0.1, 0.15) is 0 Å². The van der Waals surface area contributed by atoms with Gasteiger partial charge in [0.25, 0.3) is 0 Å². The van der Waals surface area contributed by atoms with Crippen LogP contribution in [0.25, 0.3) is 0 Å². The minimum absolute atomic E-state index is 0.200. The van der Waals surface area contributed by atoms with E-state index in [1.807, 2.05) is 0 Å². The number of benzene rings is 1. The van der Waals surface area contributed by atoms with Crippen LogP contribution in [0.5, 0.6) is 0 Å². The number of hydrogen-bond acceptors (Lipinski definition) is 2. The summed E-state index contributed by atoms with van der Waals surface area (Å²) in [5.74, 6) is -0.734. The fourth-order valence-electron chi connectivity index (χ4n) is 2.11. The van der Waals surface area contributed by atoms with Gasteiger partial charge >= 0.3 is 5.97 Å². The number of carboxylic acid groups (broad SMARTS) is 1. The smallest absolute Gasteiger partial charge is 0.304 e. The van der Waals surface area contributed by atoms with Crippen molar-refractivity contribution in [1.29, 1.82) is 0 Å². The van der Waals surface area contributed by atoms with Crippen molar-refractivity contribution in [1.82, 2.24) is 4.90 Å². The summed E-state index contributed by atoms with van der Waals surface area (Å²) in [4.78, 5) is 12.8. The zero-order valence-electron chi connectivity index (χ0n) is 11.5. The number of nitrogens with zero attached hydrogens (tertiary/aromatic N) is 1. The molecule has 1 aromatic carbocycles. The van der Waals surface area contributed by atoms with Gasteiger partial charge in [-0.25, -0.2) is 0 Å². The Morgan fingerprint density at radius 2 is 1.89 bits per heavy atom. The first-order chi connectivity index (χ1) is 8.58. The zero-order chi connectivity index (χ0) is 13.5. The van der Waals surface area contributed by atoms with Crippen molar-refractivity contribution in [3.63, 3.8) is 0 Å². The van der Waals surface area contributed by atoms with Crippen LogP contribution in [0, 0.1) is 0 Å². The average molecular weight is 249 g/mol. The molecule has 1 N–H and O–H groups in total. The van der Waals surface area contributed by atoms with Gasteiger partial charge in [-0.15, -0.1) is 0 Å². The van der Waals surface area contributed by atoms with E-state index in [0.717, 1.165) is 13.0 Å². The molecule has 0 aliphatic rings. The molecule has 1 aromatic rings. The lowest BCUT2D eigenvalue weighted by Gasteiger charge is -2.27. The summed E-state index contributed by atoms with van der Waals surface area (Å²) in [6.07, 6.45) is 1.25. The zero-order valence-corrected chi connectivity index (χ0v) is 11.5. The van der Waals surface area contributed by atoms with Crippen LogP contribution < -0.4 is 0 Å². The van der Waals surface area contributed by atoms with Gasteiger partial charge in [-0.1, -0.05) is 38.1 Å². The molecule has 0 saturated heterocycles. The molecule has 0 aromatic heterocycles. The first kappa shape index (κ1) is 14.7. The summed E-state index contributed by atoms with van der Waals surface area (Å²) in [7, 11) is 0. The molecule has 0 heterocycles. The van der Waals surface area contributed by atoms with Crippen LogP contribution in [-0.4, -0.2) is 29.1 Å². The van der Waals surface area contributed by atoms with Gasteiger partial charge in [-0.05, 0) is 31.0 Å². The van der Waals surface area contributed by atoms with Crippen LogP contribution in [0.15, 0.2) is 24.3 Å². The van der Waals surface area contributed by atoms with Crippen LogP contribution in [0.3, 0.4) is 0 Å². The number of carboxylic acids is 1. The van der Waals surface area contributed by atoms with Gasteiger partial charge in [0.15, 0.2) is 0 Å². The normalized spacial score (nSPS) is 12.7. The second-order valence-corrected chi connectivity index (χ2v) is 4.54. The fraction of sp³-hybridized carbons (Fsp3) is 0.533. The van der Waals surface area contributed by atoms with E-state index in [0.29, 0.717) is 6.54 Å². The van der Waals surface area contributed by atoms with E-state index in [4.69, 9.17) is 5.11 Å². The molecule has 0 aliphatic carbocycles. The quantitative estimate of drug-likeness (QED) is 0.807. The molecular formula is C15H23NO2. The van der Waals surface area contributed by atoms with Crippen molar-refractivity contribution in [2.24, 2.45) is 0 Å². The fourth-order valence-corrected chi connectivity index (χ4v) is 2.11. The Balaban J connectivity index is 2.69. The van der Waals surface area contributed by atoms with Gasteiger partial charge in [-0.3, -0.25) is 9.69 Å². The Morgan fingerprint density at radius 3 is 2.33 bits per heavy atom. The number of hydrogen-bond donors (Lipinski definition) is 1. The summed E-state index contributed by atoms with van der Waals surface area (Å²) in [5, 5.41) is 8.75. The molecule has 0 spiro atoms. The highest BCUT2D eigenvalue weighted by molar-refractivity contribution is 5.66. The van der Waals surface area contributed by atoms with E-state index in [1.165, 1.54) is 11.1 Å². The van der Waals surface area contributed by atoms with Crippen molar-refractivity contribution in [3.8, 4) is 0 Å². The molecule has 1 unspecified atom stereocenters. The molecule has 0 fully saturated rings. The SMILES string of the molecule is CCc1ccc(C(C)N(CC)CCC(=O)O)cc1. The molecule has 3 heteroatoms.